The van der Waals surface area contributed by atoms with E-state index in [-0.39, 0.29) is 12.3 Å². The molecule has 29 heavy (non-hydrogen) atoms. The highest BCUT2D eigenvalue weighted by Crippen LogP contribution is 2.34. The molecule has 1 aromatic carbocycles. The van der Waals surface area contributed by atoms with E-state index in [1.54, 1.807) is 41.3 Å². The number of unbranched alkanes of at least 4 members (excludes halogenated alkanes) is 2. The van der Waals surface area contributed by atoms with Crippen molar-refractivity contribution in [1.29, 1.82) is 0 Å². The van der Waals surface area contributed by atoms with Crippen molar-refractivity contribution in [3.8, 4) is 11.3 Å². The van der Waals surface area contributed by atoms with E-state index in [0.717, 1.165) is 12.0 Å². The average Bonchev–Trinajstić information content (AvgIpc) is 3.20. The van der Waals surface area contributed by atoms with Crippen LogP contribution in [0.4, 0.5) is 0 Å². The standard InChI is InChI=1S/C20H17Cl2NO4S2/c21-13-8-12(9-14(22)10-13)16-6-5-15(27-16)11-17-19(26)23(20(28)29-17)7-3-1-2-4-18(24)25/h5-6,8-11H,1-4,7H2,(H,24,25)/b17-11-. The average molecular weight is 470 g/mol. The minimum atomic E-state index is -0.809. The quantitative estimate of drug-likeness (QED) is 0.286. The molecule has 0 radical (unpaired) electrons. The number of amides is 1. The molecule has 1 aliphatic heterocycles. The fraction of sp³-hybridized carbons (Fsp3) is 0.250. The van der Waals surface area contributed by atoms with E-state index in [1.807, 2.05) is 0 Å². The topological polar surface area (TPSA) is 70.8 Å². The molecule has 0 bridgehead atoms. The maximum Gasteiger partial charge on any atom is 0.303 e. The SMILES string of the molecule is O=C(O)CCCCCN1C(=O)/C(=C/c2ccc(-c3cc(Cl)cc(Cl)c3)o2)SC1=S. The molecule has 1 aliphatic rings. The molecule has 0 saturated carbocycles. The maximum absolute atomic E-state index is 12.6. The summed E-state index contributed by atoms with van der Waals surface area (Å²) in [4.78, 5) is 25.2. The van der Waals surface area contributed by atoms with Gasteiger partial charge in [-0.05, 0) is 43.2 Å². The summed E-state index contributed by atoms with van der Waals surface area (Å²) in [6, 6.07) is 8.70. The zero-order valence-electron chi connectivity index (χ0n) is 15.2. The highest BCUT2D eigenvalue weighted by molar-refractivity contribution is 8.26. The van der Waals surface area contributed by atoms with E-state index in [9.17, 15) is 9.59 Å². The summed E-state index contributed by atoms with van der Waals surface area (Å²) in [7, 11) is 0. The van der Waals surface area contributed by atoms with Crippen LogP contribution < -0.4 is 0 Å². The molecular formula is C20H17Cl2NO4S2. The zero-order chi connectivity index (χ0) is 21.0. The van der Waals surface area contributed by atoms with Crippen molar-refractivity contribution in [2.75, 3.05) is 6.54 Å². The molecule has 1 saturated heterocycles. The number of carboxylic acids is 1. The number of thiocarbonyl (C=S) groups is 1. The van der Waals surface area contributed by atoms with Crippen molar-refractivity contribution >= 4 is 69.5 Å². The summed E-state index contributed by atoms with van der Waals surface area (Å²) in [5.74, 6) is 0.144. The van der Waals surface area contributed by atoms with Gasteiger partial charge in [0, 0.05) is 34.7 Å². The second kappa shape index (κ2) is 9.80. The van der Waals surface area contributed by atoms with E-state index < -0.39 is 5.97 Å². The number of thioether (sulfide) groups is 1. The van der Waals surface area contributed by atoms with E-state index in [0.29, 0.717) is 50.2 Å². The molecule has 2 heterocycles. The molecule has 1 amide bonds. The van der Waals surface area contributed by atoms with Crippen molar-refractivity contribution in [2.24, 2.45) is 0 Å². The smallest absolute Gasteiger partial charge is 0.303 e. The van der Waals surface area contributed by atoms with Crippen LogP contribution in [0.2, 0.25) is 10.0 Å². The van der Waals surface area contributed by atoms with Gasteiger partial charge in [-0.3, -0.25) is 14.5 Å². The van der Waals surface area contributed by atoms with Crippen molar-refractivity contribution in [1.82, 2.24) is 4.90 Å². The van der Waals surface area contributed by atoms with Crippen LogP contribution in [0.15, 0.2) is 39.7 Å². The van der Waals surface area contributed by atoms with Gasteiger partial charge in [0.25, 0.3) is 5.91 Å². The molecular weight excluding hydrogens is 453 g/mol. The molecule has 0 atom stereocenters. The van der Waals surface area contributed by atoms with Crippen LogP contribution in [0, 0.1) is 0 Å². The molecule has 152 valence electrons. The van der Waals surface area contributed by atoms with Gasteiger partial charge < -0.3 is 9.52 Å². The number of carbonyl (C=O) groups excluding carboxylic acids is 1. The minimum Gasteiger partial charge on any atom is -0.481 e. The number of carboxylic acid groups (broad SMARTS) is 1. The number of carbonyl (C=O) groups is 2. The van der Waals surface area contributed by atoms with Crippen LogP contribution in [0.1, 0.15) is 31.4 Å². The van der Waals surface area contributed by atoms with Crippen molar-refractivity contribution < 1.29 is 19.1 Å². The first-order valence-corrected chi connectivity index (χ1v) is 10.8. The third-order valence-corrected chi connectivity index (χ3v) is 6.01. The second-order valence-electron chi connectivity index (χ2n) is 6.40. The Morgan fingerprint density at radius 1 is 1.17 bits per heavy atom. The van der Waals surface area contributed by atoms with Crippen LogP contribution >= 0.6 is 47.2 Å². The number of rotatable bonds is 8. The lowest BCUT2D eigenvalue weighted by Crippen LogP contribution is -2.29. The fourth-order valence-electron chi connectivity index (χ4n) is 2.83. The summed E-state index contributed by atoms with van der Waals surface area (Å²) in [5, 5.41) is 9.68. The van der Waals surface area contributed by atoms with Gasteiger partial charge in [-0.25, -0.2) is 0 Å². The number of halogens is 2. The molecule has 1 fully saturated rings. The first-order chi connectivity index (χ1) is 13.8. The number of nitrogens with zero attached hydrogens (tertiary/aromatic N) is 1. The first-order valence-electron chi connectivity index (χ1n) is 8.87. The monoisotopic (exact) mass is 469 g/mol. The molecule has 5 nitrogen and oxygen atoms in total. The fourth-order valence-corrected chi connectivity index (χ4v) is 4.64. The lowest BCUT2D eigenvalue weighted by atomic mass is 10.2. The molecule has 0 unspecified atom stereocenters. The number of furan rings is 1. The number of aliphatic carboxylic acids is 1. The normalized spacial score (nSPS) is 15.5. The summed E-state index contributed by atoms with van der Waals surface area (Å²) in [5.41, 5.74) is 0.746. The molecule has 3 rings (SSSR count). The van der Waals surface area contributed by atoms with Gasteiger partial charge in [-0.2, -0.15) is 0 Å². The van der Waals surface area contributed by atoms with Crippen molar-refractivity contribution in [2.45, 2.75) is 25.7 Å². The number of hydrogen-bond acceptors (Lipinski definition) is 5. The first kappa shape index (κ1) is 21.9. The van der Waals surface area contributed by atoms with Gasteiger partial charge in [0.2, 0.25) is 0 Å². The zero-order valence-corrected chi connectivity index (χ0v) is 18.3. The van der Waals surface area contributed by atoms with E-state index in [1.165, 1.54) is 11.8 Å². The van der Waals surface area contributed by atoms with Crippen LogP contribution in [0.5, 0.6) is 0 Å². The highest BCUT2D eigenvalue weighted by atomic mass is 35.5. The van der Waals surface area contributed by atoms with Gasteiger partial charge in [0.05, 0.1) is 4.91 Å². The maximum atomic E-state index is 12.6. The Hall–Kier alpha value is -1.80. The summed E-state index contributed by atoms with van der Waals surface area (Å²) in [6.07, 6.45) is 3.82. The minimum absolute atomic E-state index is 0.136. The van der Waals surface area contributed by atoms with Crippen molar-refractivity contribution in [3.63, 3.8) is 0 Å². The summed E-state index contributed by atoms with van der Waals surface area (Å²) in [6.45, 7) is 0.478. The van der Waals surface area contributed by atoms with Crippen LogP contribution in [0.3, 0.4) is 0 Å². The van der Waals surface area contributed by atoms with E-state index in [2.05, 4.69) is 0 Å². The van der Waals surface area contributed by atoms with Crippen LogP contribution in [0.25, 0.3) is 17.4 Å². The van der Waals surface area contributed by atoms with E-state index >= 15 is 0 Å². The Labute approximate surface area is 187 Å². The van der Waals surface area contributed by atoms with Gasteiger partial charge in [0.15, 0.2) is 0 Å². The molecule has 9 heteroatoms. The summed E-state index contributed by atoms with van der Waals surface area (Å²) < 4.78 is 6.31. The van der Waals surface area contributed by atoms with Crippen LogP contribution in [-0.2, 0) is 9.59 Å². The Morgan fingerprint density at radius 3 is 2.59 bits per heavy atom. The summed E-state index contributed by atoms with van der Waals surface area (Å²) >= 11 is 18.6. The predicted molar refractivity (Wildman–Crippen MR) is 120 cm³/mol. The molecule has 1 aromatic heterocycles. The van der Waals surface area contributed by atoms with Gasteiger partial charge >= 0.3 is 5.97 Å². The van der Waals surface area contributed by atoms with Gasteiger partial charge in [-0.1, -0.05) is 53.6 Å². The lowest BCUT2D eigenvalue weighted by molar-refractivity contribution is -0.137. The Bertz CT molecular complexity index is 966. The molecule has 0 aliphatic carbocycles. The van der Waals surface area contributed by atoms with Crippen LogP contribution in [-0.4, -0.2) is 32.7 Å². The third-order valence-electron chi connectivity index (χ3n) is 4.19. The van der Waals surface area contributed by atoms with Gasteiger partial charge in [0.1, 0.15) is 15.8 Å². The molecule has 0 spiro atoms. The number of hydrogen-bond donors (Lipinski definition) is 1. The Balaban J connectivity index is 1.65. The molecule has 1 N–H and O–H groups in total. The lowest BCUT2D eigenvalue weighted by Gasteiger charge is -2.13. The second-order valence-corrected chi connectivity index (χ2v) is 8.95. The largest absolute Gasteiger partial charge is 0.481 e. The van der Waals surface area contributed by atoms with Crippen molar-refractivity contribution in [3.05, 3.63) is 51.0 Å². The molecule has 2 aromatic rings. The highest BCUT2D eigenvalue weighted by Gasteiger charge is 2.31. The predicted octanol–water partition coefficient (Wildman–Crippen LogP) is 6.10. The van der Waals surface area contributed by atoms with E-state index in [4.69, 9.17) is 44.9 Å². The van der Waals surface area contributed by atoms with Gasteiger partial charge in [-0.15, -0.1) is 0 Å². The Kier molecular flexibility index (Phi) is 7.40. The third kappa shape index (κ3) is 5.85. The Morgan fingerprint density at radius 2 is 1.90 bits per heavy atom. The number of benzene rings is 1.